The van der Waals surface area contributed by atoms with Crippen molar-refractivity contribution in [1.82, 2.24) is 5.43 Å². The molecule has 19 heavy (non-hydrogen) atoms. The van der Waals surface area contributed by atoms with Gasteiger partial charge in [0, 0.05) is 6.04 Å². The maximum absolute atomic E-state index is 11.6. The highest BCUT2D eigenvalue weighted by Gasteiger charge is 2.28. The summed E-state index contributed by atoms with van der Waals surface area (Å²) in [7, 11) is 0. The van der Waals surface area contributed by atoms with Crippen molar-refractivity contribution in [3.63, 3.8) is 0 Å². The number of rotatable bonds is 3. The van der Waals surface area contributed by atoms with Crippen molar-refractivity contribution in [1.29, 1.82) is 0 Å². The van der Waals surface area contributed by atoms with Gasteiger partial charge in [-0.3, -0.25) is 15.2 Å². The lowest BCUT2D eigenvalue weighted by atomic mass is 10.1. The summed E-state index contributed by atoms with van der Waals surface area (Å²) in [6.07, 6.45) is 5.13. The fourth-order valence-electron chi connectivity index (χ4n) is 2.93. The average Bonchev–Trinajstić information content (AvgIpc) is 3.01. The molecule has 2 N–H and O–H groups in total. The molecule has 4 heteroatoms. The third kappa shape index (κ3) is 2.53. The molecular formula is C15H21N3O. The van der Waals surface area contributed by atoms with Crippen molar-refractivity contribution < 1.29 is 4.79 Å². The SMILES string of the molecule is CC1CN(c2ccccc2NC2CCCC2)NC1=O. The van der Waals surface area contributed by atoms with Crippen LogP contribution in [0.25, 0.3) is 0 Å². The molecule has 1 heterocycles. The summed E-state index contributed by atoms with van der Waals surface area (Å²) < 4.78 is 0. The molecule has 2 fully saturated rings. The van der Waals surface area contributed by atoms with Crippen molar-refractivity contribution in [3.05, 3.63) is 24.3 Å². The number of anilines is 2. The predicted octanol–water partition coefficient (Wildman–Crippen LogP) is 2.53. The second-order valence-corrected chi connectivity index (χ2v) is 5.63. The lowest BCUT2D eigenvalue weighted by Crippen LogP contribution is -2.33. The number of hydrazine groups is 1. The van der Waals surface area contributed by atoms with Crippen LogP contribution in [0, 0.1) is 5.92 Å². The van der Waals surface area contributed by atoms with Gasteiger partial charge in [0.25, 0.3) is 0 Å². The van der Waals surface area contributed by atoms with Crippen LogP contribution in [-0.2, 0) is 4.79 Å². The van der Waals surface area contributed by atoms with Gasteiger partial charge in [-0.25, -0.2) is 0 Å². The molecule has 1 amide bonds. The Kier molecular flexibility index (Phi) is 3.32. The first-order valence-corrected chi connectivity index (χ1v) is 7.17. The first-order chi connectivity index (χ1) is 9.24. The van der Waals surface area contributed by atoms with E-state index in [1.807, 2.05) is 24.1 Å². The highest BCUT2D eigenvalue weighted by Crippen LogP contribution is 2.30. The Morgan fingerprint density at radius 1 is 1.26 bits per heavy atom. The molecule has 1 aromatic carbocycles. The second kappa shape index (κ2) is 5.11. The fourth-order valence-corrected chi connectivity index (χ4v) is 2.93. The van der Waals surface area contributed by atoms with Gasteiger partial charge in [0.1, 0.15) is 0 Å². The summed E-state index contributed by atoms with van der Waals surface area (Å²) >= 11 is 0. The van der Waals surface area contributed by atoms with E-state index in [-0.39, 0.29) is 11.8 Å². The van der Waals surface area contributed by atoms with E-state index in [0.29, 0.717) is 6.04 Å². The summed E-state index contributed by atoms with van der Waals surface area (Å²) in [6, 6.07) is 8.81. The minimum absolute atomic E-state index is 0.0551. The summed E-state index contributed by atoms with van der Waals surface area (Å²) in [4.78, 5) is 11.6. The number of hydrogen-bond acceptors (Lipinski definition) is 3. The number of nitrogens with zero attached hydrogens (tertiary/aromatic N) is 1. The molecule has 1 aliphatic heterocycles. The zero-order chi connectivity index (χ0) is 13.2. The van der Waals surface area contributed by atoms with Gasteiger partial charge >= 0.3 is 0 Å². The molecule has 1 saturated carbocycles. The molecule has 1 aliphatic carbocycles. The fraction of sp³-hybridized carbons (Fsp3) is 0.533. The van der Waals surface area contributed by atoms with Crippen LogP contribution in [0.15, 0.2) is 24.3 Å². The Morgan fingerprint density at radius 3 is 2.68 bits per heavy atom. The van der Waals surface area contributed by atoms with Gasteiger partial charge in [-0.2, -0.15) is 0 Å². The molecule has 1 atom stereocenters. The third-order valence-corrected chi connectivity index (χ3v) is 4.06. The van der Waals surface area contributed by atoms with Crippen molar-refractivity contribution in [3.8, 4) is 0 Å². The van der Waals surface area contributed by atoms with Crippen LogP contribution in [-0.4, -0.2) is 18.5 Å². The van der Waals surface area contributed by atoms with Crippen LogP contribution < -0.4 is 15.8 Å². The van der Waals surface area contributed by atoms with Gasteiger partial charge in [0.05, 0.1) is 23.8 Å². The van der Waals surface area contributed by atoms with Crippen LogP contribution in [0.5, 0.6) is 0 Å². The Hall–Kier alpha value is -1.71. The average molecular weight is 259 g/mol. The van der Waals surface area contributed by atoms with Gasteiger partial charge in [0.15, 0.2) is 0 Å². The summed E-state index contributed by atoms with van der Waals surface area (Å²) in [5.74, 6) is 0.162. The molecule has 1 saturated heterocycles. The number of carbonyl (C=O) groups excluding carboxylic acids is 1. The minimum atomic E-state index is 0.0551. The summed E-state index contributed by atoms with van der Waals surface area (Å²) in [5, 5.41) is 5.59. The van der Waals surface area contributed by atoms with E-state index in [9.17, 15) is 4.79 Å². The number of benzene rings is 1. The van der Waals surface area contributed by atoms with Crippen LogP contribution in [0.4, 0.5) is 11.4 Å². The van der Waals surface area contributed by atoms with Crippen LogP contribution in [0.2, 0.25) is 0 Å². The second-order valence-electron chi connectivity index (χ2n) is 5.63. The minimum Gasteiger partial charge on any atom is -0.381 e. The van der Waals surface area contributed by atoms with Crippen molar-refractivity contribution in [2.45, 2.75) is 38.6 Å². The summed E-state index contributed by atoms with van der Waals surface area (Å²) in [5.41, 5.74) is 5.14. The van der Waals surface area contributed by atoms with Crippen molar-refractivity contribution >= 4 is 17.3 Å². The lowest BCUT2D eigenvalue weighted by Gasteiger charge is -2.23. The van der Waals surface area contributed by atoms with Crippen molar-refractivity contribution in [2.75, 3.05) is 16.9 Å². The predicted molar refractivity (Wildman–Crippen MR) is 77.0 cm³/mol. The molecule has 0 spiro atoms. The maximum Gasteiger partial charge on any atom is 0.243 e. The number of nitrogens with one attached hydrogen (secondary N) is 2. The van der Waals surface area contributed by atoms with E-state index < -0.39 is 0 Å². The van der Waals surface area contributed by atoms with Crippen LogP contribution in [0.1, 0.15) is 32.6 Å². The van der Waals surface area contributed by atoms with E-state index in [1.54, 1.807) is 0 Å². The number of para-hydroxylation sites is 2. The highest BCUT2D eigenvalue weighted by atomic mass is 16.2. The monoisotopic (exact) mass is 259 g/mol. The number of hydrogen-bond donors (Lipinski definition) is 2. The Labute approximate surface area is 114 Å². The molecule has 3 rings (SSSR count). The van der Waals surface area contributed by atoms with Crippen LogP contribution in [0.3, 0.4) is 0 Å². The standard InChI is InChI=1S/C15H21N3O/c1-11-10-18(17-15(11)19)14-9-5-4-8-13(14)16-12-6-2-3-7-12/h4-5,8-9,11-12,16H,2-3,6-7,10H2,1H3,(H,17,19). The smallest absolute Gasteiger partial charge is 0.243 e. The van der Waals surface area contributed by atoms with Crippen molar-refractivity contribution in [2.24, 2.45) is 5.92 Å². The van der Waals surface area contributed by atoms with Gasteiger partial charge in [-0.15, -0.1) is 0 Å². The van der Waals surface area contributed by atoms with E-state index in [4.69, 9.17) is 0 Å². The Morgan fingerprint density at radius 2 is 2.00 bits per heavy atom. The molecular weight excluding hydrogens is 238 g/mol. The zero-order valence-corrected chi connectivity index (χ0v) is 11.4. The highest BCUT2D eigenvalue weighted by molar-refractivity contribution is 5.85. The van der Waals surface area contributed by atoms with Gasteiger partial charge < -0.3 is 5.32 Å². The molecule has 4 nitrogen and oxygen atoms in total. The Bertz CT molecular complexity index is 468. The van der Waals surface area contributed by atoms with E-state index >= 15 is 0 Å². The number of carbonyl (C=O) groups is 1. The molecule has 1 aromatic rings. The molecule has 0 aromatic heterocycles. The van der Waals surface area contributed by atoms with E-state index in [1.165, 1.54) is 25.7 Å². The largest absolute Gasteiger partial charge is 0.381 e. The van der Waals surface area contributed by atoms with Gasteiger partial charge in [-0.05, 0) is 25.0 Å². The third-order valence-electron chi connectivity index (χ3n) is 4.06. The first kappa shape index (κ1) is 12.3. The molecule has 0 radical (unpaired) electrons. The first-order valence-electron chi connectivity index (χ1n) is 7.17. The maximum atomic E-state index is 11.6. The topological polar surface area (TPSA) is 44.4 Å². The molecule has 1 unspecified atom stereocenters. The van der Waals surface area contributed by atoms with E-state index in [2.05, 4.69) is 22.9 Å². The van der Waals surface area contributed by atoms with Crippen LogP contribution >= 0.6 is 0 Å². The molecule has 0 bridgehead atoms. The quantitative estimate of drug-likeness (QED) is 0.876. The molecule has 102 valence electrons. The zero-order valence-electron chi connectivity index (χ0n) is 11.4. The molecule has 2 aliphatic rings. The van der Waals surface area contributed by atoms with Gasteiger partial charge in [0.2, 0.25) is 5.91 Å². The number of amides is 1. The van der Waals surface area contributed by atoms with Gasteiger partial charge in [-0.1, -0.05) is 31.9 Å². The summed E-state index contributed by atoms with van der Waals surface area (Å²) in [6.45, 7) is 2.70. The van der Waals surface area contributed by atoms with E-state index in [0.717, 1.165) is 17.9 Å². The lowest BCUT2D eigenvalue weighted by molar-refractivity contribution is -0.121. The normalized spacial score (nSPS) is 23.7. The Balaban J connectivity index is 1.79.